The maximum absolute atomic E-state index is 14.3. The van der Waals surface area contributed by atoms with Crippen molar-refractivity contribution < 1.29 is 14.7 Å². The standard InChI is InChI=1S/C32H38N2O3/c1-3-4-7-12-23(2)19-20-33-28-22-27-18-17-26(28)21-29(32(36)37)34(27)31(35)30(24-13-8-5-9-14-24)25-15-10-6-11-16-25/h3-16,26-30,33H,1,17-22H2,2H3,(H,36,37)/b7-4-,23-12+/t26-,27-,28?,29?/m1/s1. The summed E-state index contributed by atoms with van der Waals surface area (Å²) in [5.41, 5.74) is 3.06. The number of benzene rings is 2. The molecule has 1 aliphatic carbocycles. The Morgan fingerprint density at radius 3 is 2.27 bits per heavy atom. The first-order valence-corrected chi connectivity index (χ1v) is 13.3. The van der Waals surface area contributed by atoms with E-state index in [9.17, 15) is 14.7 Å². The van der Waals surface area contributed by atoms with Crippen LogP contribution in [0.1, 0.15) is 56.1 Å². The molecule has 1 amide bonds. The summed E-state index contributed by atoms with van der Waals surface area (Å²) in [6.07, 6.45) is 11.7. The Morgan fingerprint density at radius 2 is 1.68 bits per heavy atom. The first kappa shape index (κ1) is 26.6. The molecule has 37 heavy (non-hydrogen) atoms. The van der Waals surface area contributed by atoms with Crippen molar-refractivity contribution in [2.75, 3.05) is 6.54 Å². The van der Waals surface area contributed by atoms with Gasteiger partial charge in [0.15, 0.2) is 0 Å². The molecule has 0 spiro atoms. The molecule has 5 heteroatoms. The van der Waals surface area contributed by atoms with E-state index in [2.05, 4.69) is 24.9 Å². The van der Waals surface area contributed by atoms with E-state index in [1.165, 1.54) is 5.57 Å². The lowest BCUT2D eigenvalue weighted by Crippen LogP contribution is -2.52. The van der Waals surface area contributed by atoms with Crippen molar-refractivity contribution >= 4 is 11.9 Å². The van der Waals surface area contributed by atoms with Crippen LogP contribution in [-0.4, -0.2) is 46.6 Å². The lowest BCUT2D eigenvalue weighted by atomic mass is 9.81. The van der Waals surface area contributed by atoms with E-state index in [0.717, 1.165) is 43.4 Å². The Hall–Kier alpha value is -3.44. The minimum absolute atomic E-state index is 0.0908. The van der Waals surface area contributed by atoms with Crippen LogP contribution in [0.2, 0.25) is 0 Å². The van der Waals surface area contributed by atoms with E-state index in [-0.39, 0.29) is 23.9 Å². The summed E-state index contributed by atoms with van der Waals surface area (Å²) in [5.74, 6) is -1.29. The molecule has 2 aromatic rings. The first-order valence-electron chi connectivity index (χ1n) is 13.3. The molecule has 0 aromatic heterocycles. The molecule has 5 nitrogen and oxygen atoms in total. The maximum atomic E-state index is 14.3. The van der Waals surface area contributed by atoms with Gasteiger partial charge >= 0.3 is 5.97 Å². The van der Waals surface area contributed by atoms with Gasteiger partial charge in [0.1, 0.15) is 6.04 Å². The zero-order valence-corrected chi connectivity index (χ0v) is 21.6. The second-order valence-corrected chi connectivity index (χ2v) is 10.3. The van der Waals surface area contributed by atoms with Crippen molar-refractivity contribution in [1.29, 1.82) is 0 Å². The third kappa shape index (κ3) is 6.47. The first-order chi connectivity index (χ1) is 18.0. The number of rotatable bonds is 10. The molecule has 2 heterocycles. The van der Waals surface area contributed by atoms with E-state index in [4.69, 9.17) is 0 Å². The average molecular weight is 499 g/mol. The fourth-order valence-electron chi connectivity index (χ4n) is 5.96. The largest absolute Gasteiger partial charge is 0.480 e. The maximum Gasteiger partial charge on any atom is 0.326 e. The molecule has 3 fully saturated rings. The van der Waals surface area contributed by atoms with Gasteiger partial charge in [-0.15, -0.1) is 0 Å². The lowest BCUT2D eigenvalue weighted by Gasteiger charge is -2.38. The highest BCUT2D eigenvalue weighted by Gasteiger charge is 2.47. The Bertz CT molecular complexity index is 1090. The van der Waals surface area contributed by atoms with Crippen molar-refractivity contribution in [3.8, 4) is 0 Å². The zero-order valence-electron chi connectivity index (χ0n) is 21.6. The van der Waals surface area contributed by atoms with E-state index < -0.39 is 17.9 Å². The van der Waals surface area contributed by atoms with Gasteiger partial charge in [-0.2, -0.15) is 0 Å². The topological polar surface area (TPSA) is 69.6 Å². The molecule has 3 aliphatic rings. The number of allylic oxidation sites excluding steroid dienone is 4. The second kappa shape index (κ2) is 12.7. The number of amides is 1. The van der Waals surface area contributed by atoms with Crippen molar-refractivity contribution in [2.24, 2.45) is 5.92 Å². The number of carboxylic acids is 1. The summed E-state index contributed by atoms with van der Waals surface area (Å²) in [5, 5.41) is 14.0. The molecule has 2 unspecified atom stereocenters. The van der Waals surface area contributed by atoms with Gasteiger partial charge in [-0.1, -0.05) is 97.1 Å². The number of carbonyl (C=O) groups excluding carboxylic acids is 1. The van der Waals surface area contributed by atoms with E-state index >= 15 is 0 Å². The van der Waals surface area contributed by atoms with Gasteiger partial charge in [0.25, 0.3) is 0 Å². The minimum Gasteiger partial charge on any atom is -0.480 e. The summed E-state index contributed by atoms with van der Waals surface area (Å²) >= 11 is 0. The molecule has 2 saturated heterocycles. The molecule has 4 atom stereocenters. The molecule has 2 bridgehead atoms. The highest BCUT2D eigenvalue weighted by Crippen LogP contribution is 2.40. The summed E-state index contributed by atoms with van der Waals surface area (Å²) in [7, 11) is 0. The monoisotopic (exact) mass is 498 g/mol. The van der Waals surface area contributed by atoms with Crippen LogP contribution in [0.5, 0.6) is 0 Å². The number of hydrogen-bond donors (Lipinski definition) is 2. The predicted molar refractivity (Wildman–Crippen MR) is 148 cm³/mol. The highest BCUT2D eigenvalue weighted by molar-refractivity contribution is 5.91. The highest BCUT2D eigenvalue weighted by atomic mass is 16.4. The van der Waals surface area contributed by atoms with Crippen molar-refractivity contribution in [1.82, 2.24) is 10.2 Å². The summed E-state index contributed by atoms with van der Waals surface area (Å²) < 4.78 is 0. The Kier molecular flexibility index (Phi) is 9.13. The molecule has 2 N–H and O–H groups in total. The number of nitrogens with zero attached hydrogens (tertiary/aromatic N) is 1. The van der Waals surface area contributed by atoms with Crippen molar-refractivity contribution in [2.45, 2.75) is 63.1 Å². The van der Waals surface area contributed by atoms with Crippen LogP contribution in [0.15, 0.2) is 97.1 Å². The number of hydrogen-bond acceptors (Lipinski definition) is 3. The molecular formula is C32H38N2O3. The predicted octanol–water partition coefficient (Wildman–Crippen LogP) is 5.71. The van der Waals surface area contributed by atoms with Gasteiger partial charge in [-0.25, -0.2) is 4.79 Å². The number of nitrogens with one attached hydrogen (secondary N) is 1. The van der Waals surface area contributed by atoms with Gasteiger partial charge < -0.3 is 15.3 Å². The molecular weight excluding hydrogens is 460 g/mol. The van der Waals surface area contributed by atoms with E-state index in [1.54, 1.807) is 11.0 Å². The van der Waals surface area contributed by atoms with Gasteiger partial charge in [0.2, 0.25) is 5.91 Å². The van der Waals surface area contributed by atoms with Crippen LogP contribution in [0.4, 0.5) is 0 Å². The lowest BCUT2D eigenvalue weighted by molar-refractivity contribution is -0.152. The molecule has 1 saturated carbocycles. The Labute approximate surface area is 220 Å². The Balaban J connectivity index is 1.57. The SMILES string of the molecule is C=C/C=C\C=C(/C)CCNC1C[C@H]2CC[C@@H]1CC(C(=O)O)N2C(=O)C(c1ccccc1)c1ccccc1. The third-order valence-electron chi connectivity index (χ3n) is 7.83. The summed E-state index contributed by atoms with van der Waals surface area (Å²) in [6.45, 7) is 6.64. The van der Waals surface area contributed by atoms with Gasteiger partial charge in [-0.05, 0) is 62.6 Å². The number of carbonyl (C=O) groups is 2. The molecule has 0 radical (unpaired) electrons. The van der Waals surface area contributed by atoms with Gasteiger partial charge in [-0.3, -0.25) is 4.79 Å². The summed E-state index contributed by atoms with van der Waals surface area (Å²) in [4.78, 5) is 28.6. The van der Waals surface area contributed by atoms with Gasteiger partial charge in [0.05, 0.1) is 5.92 Å². The number of aliphatic carboxylic acids is 1. The van der Waals surface area contributed by atoms with Crippen LogP contribution in [0.3, 0.4) is 0 Å². The van der Waals surface area contributed by atoms with Crippen LogP contribution in [-0.2, 0) is 9.59 Å². The van der Waals surface area contributed by atoms with Crippen molar-refractivity contribution in [3.63, 3.8) is 0 Å². The van der Waals surface area contributed by atoms with Gasteiger partial charge in [0, 0.05) is 12.1 Å². The smallest absolute Gasteiger partial charge is 0.326 e. The fraction of sp³-hybridized carbons (Fsp3) is 0.375. The molecule has 194 valence electrons. The van der Waals surface area contributed by atoms with E-state index in [0.29, 0.717) is 6.42 Å². The normalized spacial score (nSPS) is 23.8. The van der Waals surface area contributed by atoms with Crippen LogP contribution in [0, 0.1) is 5.92 Å². The third-order valence-corrected chi connectivity index (χ3v) is 7.83. The van der Waals surface area contributed by atoms with Crippen LogP contribution in [0.25, 0.3) is 0 Å². The fourth-order valence-corrected chi connectivity index (χ4v) is 5.96. The van der Waals surface area contributed by atoms with Crippen molar-refractivity contribution in [3.05, 3.63) is 108 Å². The van der Waals surface area contributed by atoms with Crippen LogP contribution < -0.4 is 5.32 Å². The second-order valence-electron chi connectivity index (χ2n) is 10.3. The zero-order chi connectivity index (χ0) is 26.2. The van der Waals surface area contributed by atoms with E-state index in [1.807, 2.05) is 72.8 Å². The quantitative estimate of drug-likeness (QED) is 0.412. The molecule has 2 aromatic carbocycles. The minimum atomic E-state index is -0.904. The van der Waals surface area contributed by atoms with Crippen LogP contribution >= 0.6 is 0 Å². The average Bonchev–Trinajstić information content (AvgIpc) is 3.19. The molecule has 2 aliphatic heterocycles. The number of carboxylic acid groups (broad SMARTS) is 1. The summed E-state index contributed by atoms with van der Waals surface area (Å²) in [6, 6.07) is 18.8. The Morgan fingerprint density at radius 1 is 1.03 bits per heavy atom. The molecule has 5 rings (SSSR count). The number of fused-ring (bicyclic) bond motifs is 4.